The Labute approximate surface area is 174 Å². The lowest BCUT2D eigenvalue weighted by molar-refractivity contribution is -0.139. The first-order chi connectivity index (χ1) is 14.4. The summed E-state index contributed by atoms with van der Waals surface area (Å²) in [6.07, 6.45) is 0. The van der Waals surface area contributed by atoms with Crippen LogP contribution < -0.4 is 5.32 Å². The van der Waals surface area contributed by atoms with Crippen LogP contribution in [-0.4, -0.2) is 25.2 Å². The minimum absolute atomic E-state index is 0.179. The van der Waals surface area contributed by atoms with Crippen LogP contribution in [0.1, 0.15) is 39.4 Å². The zero-order chi connectivity index (χ0) is 21.8. The van der Waals surface area contributed by atoms with Gasteiger partial charge >= 0.3 is 11.9 Å². The van der Waals surface area contributed by atoms with Crippen molar-refractivity contribution >= 4 is 11.9 Å². The first kappa shape index (κ1) is 21.4. The highest BCUT2D eigenvalue weighted by atomic mass is 19.1. The summed E-state index contributed by atoms with van der Waals surface area (Å²) < 4.78 is 30.6. The van der Waals surface area contributed by atoms with E-state index in [-0.39, 0.29) is 29.9 Å². The van der Waals surface area contributed by atoms with Gasteiger partial charge in [-0.05, 0) is 52.0 Å². The van der Waals surface area contributed by atoms with E-state index < -0.39 is 23.7 Å². The van der Waals surface area contributed by atoms with Crippen molar-refractivity contribution in [2.75, 3.05) is 13.2 Å². The molecule has 1 aliphatic rings. The molecule has 2 aromatic rings. The second-order valence-electron chi connectivity index (χ2n) is 6.76. The Morgan fingerprint density at radius 1 is 0.967 bits per heavy atom. The molecule has 6 nitrogen and oxygen atoms in total. The smallest absolute Gasteiger partial charge is 0.336 e. The average Bonchev–Trinajstić information content (AvgIpc) is 3.17. The van der Waals surface area contributed by atoms with Crippen LogP contribution >= 0.6 is 0 Å². The Kier molecular flexibility index (Phi) is 6.40. The molecule has 3 rings (SSSR count). The number of hydrogen-bond donors (Lipinski definition) is 1. The van der Waals surface area contributed by atoms with Gasteiger partial charge in [0, 0.05) is 11.4 Å². The largest absolute Gasteiger partial charge is 0.463 e. The molecule has 158 valence electrons. The lowest BCUT2D eigenvalue weighted by Gasteiger charge is -2.28. The number of furan rings is 1. The summed E-state index contributed by atoms with van der Waals surface area (Å²) in [7, 11) is 0. The van der Waals surface area contributed by atoms with Gasteiger partial charge in [-0.3, -0.25) is 0 Å². The zero-order valence-electron chi connectivity index (χ0n) is 17.4. The summed E-state index contributed by atoms with van der Waals surface area (Å²) >= 11 is 0. The maximum absolute atomic E-state index is 14.2. The van der Waals surface area contributed by atoms with Crippen LogP contribution in [0, 0.1) is 5.82 Å². The lowest BCUT2D eigenvalue weighted by Crippen LogP contribution is -2.32. The monoisotopic (exact) mass is 413 g/mol. The zero-order valence-corrected chi connectivity index (χ0v) is 17.4. The van der Waals surface area contributed by atoms with Crippen molar-refractivity contribution in [3.8, 4) is 11.3 Å². The Morgan fingerprint density at radius 2 is 1.53 bits per heavy atom. The van der Waals surface area contributed by atoms with E-state index in [4.69, 9.17) is 13.9 Å². The molecule has 1 aromatic carbocycles. The van der Waals surface area contributed by atoms with Crippen molar-refractivity contribution < 1.29 is 27.9 Å². The highest BCUT2D eigenvalue weighted by Gasteiger charge is 2.39. The third kappa shape index (κ3) is 4.01. The number of ether oxygens (including phenoxy) is 2. The molecule has 0 saturated heterocycles. The van der Waals surface area contributed by atoms with E-state index in [1.165, 1.54) is 6.07 Å². The molecule has 0 radical (unpaired) electrons. The van der Waals surface area contributed by atoms with Crippen LogP contribution in [0.2, 0.25) is 0 Å². The summed E-state index contributed by atoms with van der Waals surface area (Å²) in [5, 5.41) is 3.06. The fraction of sp³-hybridized carbons (Fsp3) is 0.304. The average molecular weight is 413 g/mol. The van der Waals surface area contributed by atoms with Gasteiger partial charge in [0.25, 0.3) is 0 Å². The second kappa shape index (κ2) is 8.98. The molecule has 30 heavy (non-hydrogen) atoms. The van der Waals surface area contributed by atoms with Gasteiger partial charge in [0.05, 0.1) is 35.8 Å². The summed E-state index contributed by atoms with van der Waals surface area (Å²) in [6, 6.07) is 9.48. The molecule has 0 spiro atoms. The van der Waals surface area contributed by atoms with Crippen molar-refractivity contribution in [2.45, 2.75) is 33.6 Å². The summed E-state index contributed by atoms with van der Waals surface area (Å²) in [6.45, 7) is 7.22. The van der Waals surface area contributed by atoms with Gasteiger partial charge in [0.15, 0.2) is 0 Å². The third-order valence-corrected chi connectivity index (χ3v) is 4.80. The van der Waals surface area contributed by atoms with Crippen molar-refractivity contribution in [1.29, 1.82) is 0 Å². The predicted octanol–water partition coefficient (Wildman–Crippen LogP) is 4.45. The Bertz CT molecular complexity index is 994. The molecule has 0 aliphatic carbocycles. The Morgan fingerprint density at radius 3 is 2.07 bits per heavy atom. The maximum Gasteiger partial charge on any atom is 0.336 e. The van der Waals surface area contributed by atoms with Gasteiger partial charge in [-0.2, -0.15) is 0 Å². The summed E-state index contributed by atoms with van der Waals surface area (Å²) in [5.74, 6) is -1.79. The molecule has 0 saturated carbocycles. The van der Waals surface area contributed by atoms with Gasteiger partial charge in [-0.25, -0.2) is 14.0 Å². The lowest BCUT2D eigenvalue weighted by atomic mass is 9.83. The maximum atomic E-state index is 14.2. The van der Waals surface area contributed by atoms with Crippen molar-refractivity contribution in [2.24, 2.45) is 0 Å². The van der Waals surface area contributed by atoms with Crippen LogP contribution in [0.3, 0.4) is 0 Å². The number of hydrogen-bond acceptors (Lipinski definition) is 6. The van der Waals surface area contributed by atoms with Gasteiger partial charge in [0.2, 0.25) is 0 Å². The van der Waals surface area contributed by atoms with Crippen LogP contribution in [0.5, 0.6) is 0 Å². The van der Waals surface area contributed by atoms with E-state index in [2.05, 4.69) is 5.32 Å². The number of halogens is 1. The van der Waals surface area contributed by atoms with E-state index in [1.807, 2.05) is 0 Å². The van der Waals surface area contributed by atoms with E-state index in [1.54, 1.807) is 58.0 Å². The molecular weight excluding hydrogens is 389 g/mol. The molecule has 1 aromatic heterocycles. The number of carbonyl (C=O) groups excluding carboxylic acids is 2. The van der Waals surface area contributed by atoms with Crippen molar-refractivity contribution in [3.05, 3.63) is 70.5 Å². The SMILES string of the molecule is CCOC(=O)C1=C(C)NC(C)=C(C(=O)OCC)C1c1ccc(-c2ccccc2F)o1. The van der Waals surface area contributed by atoms with Gasteiger partial charge in [-0.1, -0.05) is 12.1 Å². The van der Waals surface area contributed by atoms with Gasteiger partial charge in [0.1, 0.15) is 17.3 Å². The molecule has 0 atom stereocenters. The minimum Gasteiger partial charge on any atom is -0.463 e. The Hall–Kier alpha value is -3.35. The molecule has 0 fully saturated rings. The topological polar surface area (TPSA) is 77.8 Å². The molecule has 7 heteroatoms. The van der Waals surface area contributed by atoms with E-state index in [0.29, 0.717) is 22.9 Å². The van der Waals surface area contributed by atoms with E-state index in [9.17, 15) is 14.0 Å². The van der Waals surface area contributed by atoms with Crippen LogP contribution in [-0.2, 0) is 19.1 Å². The normalized spacial score (nSPS) is 14.6. The second-order valence-corrected chi connectivity index (χ2v) is 6.76. The third-order valence-electron chi connectivity index (χ3n) is 4.80. The number of allylic oxidation sites excluding steroid dienone is 2. The highest BCUT2D eigenvalue weighted by molar-refractivity contribution is 5.99. The first-order valence-corrected chi connectivity index (χ1v) is 9.76. The fourth-order valence-corrected chi connectivity index (χ4v) is 3.55. The van der Waals surface area contributed by atoms with Crippen molar-refractivity contribution in [1.82, 2.24) is 5.32 Å². The number of carbonyl (C=O) groups is 2. The quantitative estimate of drug-likeness (QED) is 0.705. The number of benzene rings is 1. The molecular formula is C23H24FNO5. The molecule has 2 heterocycles. The summed E-state index contributed by atoms with van der Waals surface area (Å²) in [4.78, 5) is 25.5. The molecule has 0 unspecified atom stereocenters. The Balaban J connectivity index is 2.14. The van der Waals surface area contributed by atoms with Crippen LogP contribution in [0.25, 0.3) is 11.3 Å². The van der Waals surface area contributed by atoms with Gasteiger partial charge in [-0.15, -0.1) is 0 Å². The number of esters is 2. The predicted molar refractivity (Wildman–Crippen MR) is 109 cm³/mol. The molecule has 1 aliphatic heterocycles. The number of rotatable bonds is 6. The minimum atomic E-state index is -0.843. The molecule has 1 N–H and O–H groups in total. The fourth-order valence-electron chi connectivity index (χ4n) is 3.55. The van der Waals surface area contributed by atoms with Gasteiger partial charge < -0.3 is 19.2 Å². The van der Waals surface area contributed by atoms with Crippen LogP contribution in [0.4, 0.5) is 4.39 Å². The van der Waals surface area contributed by atoms with Crippen LogP contribution in [0.15, 0.2) is 63.4 Å². The standard InChI is InChI=1S/C23H24FNO5/c1-5-28-22(26)19-13(3)25-14(4)20(23(27)29-6-2)21(19)18-12-11-17(30-18)15-9-7-8-10-16(15)24/h7-12,21,25H,5-6H2,1-4H3. The molecule has 0 bridgehead atoms. The molecule has 0 amide bonds. The number of nitrogens with one attached hydrogen (secondary N) is 1. The van der Waals surface area contributed by atoms with E-state index >= 15 is 0 Å². The first-order valence-electron chi connectivity index (χ1n) is 9.76. The van der Waals surface area contributed by atoms with E-state index in [0.717, 1.165) is 0 Å². The highest BCUT2D eigenvalue weighted by Crippen LogP contribution is 2.41. The van der Waals surface area contributed by atoms with Crippen molar-refractivity contribution in [3.63, 3.8) is 0 Å². The summed E-state index contributed by atoms with van der Waals surface area (Å²) in [5.41, 5.74) is 1.88. The number of dihydropyridines is 1.